The van der Waals surface area contributed by atoms with E-state index in [1.807, 2.05) is 24.3 Å². The lowest BCUT2D eigenvalue weighted by Crippen LogP contribution is -1.97. The Kier molecular flexibility index (Phi) is 4.61. The maximum atomic E-state index is 6.17. The molecule has 2 rings (SSSR count). The van der Waals surface area contributed by atoms with Crippen molar-refractivity contribution in [1.29, 1.82) is 0 Å². The van der Waals surface area contributed by atoms with Gasteiger partial charge in [-0.2, -0.15) is 0 Å². The largest absolute Gasteiger partial charge is 0.497 e. The van der Waals surface area contributed by atoms with Crippen molar-refractivity contribution in [2.24, 2.45) is 0 Å². The third-order valence-electron chi connectivity index (χ3n) is 2.73. The first-order chi connectivity index (χ1) is 9.15. The van der Waals surface area contributed by atoms with E-state index in [1.54, 1.807) is 7.11 Å². The molecule has 0 unspecified atom stereocenters. The summed E-state index contributed by atoms with van der Waals surface area (Å²) < 4.78 is 5.18. The van der Waals surface area contributed by atoms with E-state index in [0.717, 1.165) is 29.7 Å². The van der Waals surface area contributed by atoms with Crippen LogP contribution in [0.2, 0.25) is 10.3 Å². The summed E-state index contributed by atoms with van der Waals surface area (Å²) in [5.74, 6) is 1.25. The Labute approximate surface area is 122 Å². The molecule has 0 aliphatic carbocycles. The van der Waals surface area contributed by atoms with Crippen LogP contribution in [0.3, 0.4) is 0 Å². The molecule has 0 radical (unpaired) electrons. The summed E-state index contributed by atoms with van der Waals surface area (Å²) in [4.78, 5) is 8.63. The minimum absolute atomic E-state index is 0.416. The standard InChI is InChI=1S/C14H14Cl2N2O/c1-3-5-11-12(15)17-14(18-13(11)16)9-6-4-7-10(8-9)19-2/h4,6-8H,3,5H2,1-2H3. The molecule has 100 valence electrons. The van der Waals surface area contributed by atoms with Gasteiger partial charge in [0, 0.05) is 11.1 Å². The Hall–Kier alpha value is -1.32. The number of ether oxygens (including phenoxy) is 1. The van der Waals surface area contributed by atoms with E-state index in [-0.39, 0.29) is 0 Å². The highest BCUT2D eigenvalue weighted by Crippen LogP contribution is 2.28. The molecule has 0 amide bonds. The fourth-order valence-electron chi connectivity index (χ4n) is 1.78. The summed E-state index contributed by atoms with van der Waals surface area (Å²) in [5, 5.41) is 0.833. The Morgan fingerprint density at radius 3 is 2.42 bits per heavy atom. The van der Waals surface area contributed by atoms with E-state index in [9.17, 15) is 0 Å². The van der Waals surface area contributed by atoms with Gasteiger partial charge < -0.3 is 4.74 Å². The molecular formula is C14H14Cl2N2O. The summed E-state index contributed by atoms with van der Waals surface area (Å²) in [6.45, 7) is 2.06. The van der Waals surface area contributed by atoms with Gasteiger partial charge in [0.1, 0.15) is 16.1 Å². The smallest absolute Gasteiger partial charge is 0.162 e. The van der Waals surface area contributed by atoms with E-state index in [2.05, 4.69) is 16.9 Å². The number of hydrogen-bond acceptors (Lipinski definition) is 3. The first-order valence-corrected chi connectivity index (χ1v) is 6.77. The quantitative estimate of drug-likeness (QED) is 0.784. The molecule has 0 bridgehead atoms. The summed E-state index contributed by atoms with van der Waals surface area (Å²) in [7, 11) is 1.62. The molecule has 3 nitrogen and oxygen atoms in total. The van der Waals surface area contributed by atoms with E-state index in [1.165, 1.54) is 0 Å². The molecule has 19 heavy (non-hydrogen) atoms. The second-order valence-electron chi connectivity index (χ2n) is 4.09. The van der Waals surface area contributed by atoms with Crippen LogP contribution in [0.15, 0.2) is 24.3 Å². The van der Waals surface area contributed by atoms with Gasteiger partial charge in [0.2, 0.25) is 0 Å². The molecule has 0 spiro atoms. The highest BCUT2D eigenvalue weighted by molar-refractivity contribution is 6.34. The lowest BCUT2D eigenvalue weighted by atomic mass is 10.1. The van der Waals surface area contributed by atoms with Crippen molar-refractivity contribution >= 4 is 23.2 Å². The van der Waals surface area contributed by atoms with Crippen LogP contribution in [-0.2, 0) is 6.42 Å². The number of hydrogen-bond donors (Lipinski definition) is 0. The van der Waals surface area contributed by atoms with E-state index in [4.69, 9.17) is 27.9 Å². The minimum atomic E-state index is 0.416. The lowest BCUT2D eigenvalue weighted by molar-refractivity contribution is 0.415. The van der Waals surface area contributed by atoms with Crippen LogP contribution < -0.4 is 4.74 Å². The molecule has 0 saturated carbocycles. The molecule has 0 atom stereocenters. The second kappa shape index (κ2) is 6.22. The minimum Gasteiger partial charge on any atom is -0.497 e. The molecule has 1 aromatic carbocycles. The predicted molar refractivity (Wildman–Crippen MR) is 78.0 cm³/mol. The molecule has 0 N–H and O–H groups in total. The third-order valence-corrected chi connectivity index (χ3v) is 3.36. The summed E-state index contributed by atoms with van der Waals surface area (Å²) >= 11 is 12.3. The molecular weight excluding hydrogens is 283 g/mol. The van der Waals surface area contributed by atoms with Gasteiger partial charge in [0.05, 0.1) is 7.11 Å². The van der Waals surface area contributed by atoms with Gasteiger partial charge in [0.15, 0.2) is 5.82 Å². The highest BCUT2D eigenvalue weighted by Gasteiger charge is 2.12. The Morgan fingerprint density at radius 1 is 1.16 bits per heavy atom. The zero-order chi connectivity index (χ0) is 13.8. The number of methoxy groups -OCH3 is 1. The number of halogens is 2. The maximum absolute atomic E-state index is 6.17. The van der Waals surface area contributed by atoms with Crippen molar-refractivity contribution in [3.05, 3.63) is 40.1 Å². The summed E-state index contributed by atoms with van der Waals surface area (Å²) in [6, 6.07) is 7.48. The van der Waals surface area contributed by atoms with Gasteiger partial charge in [-0.15, -0.1) is 0 Å². The SMILES string of the molecule is CCCc1c(Cl)nc(-c2cccc(OC)c2)nc1Cl. The zero-order valence-corrected chi connectivity index (χ0v) is 12.3. The van der Waals surface area contributed by atoms with Crippen LogP contribution in [0, 0.1) is 0 Å². The first kappa shape index (κ1) is 14.1. The molecule has 0 aliphatic heterocycles. The van der Waals surface area contributed by atoms with E-state index in [0.29, 0.717) is 16.1 Å². The average Bonchev–Trinajstić information content (AvgIpc) is 2.42. The number of nitrogens with zero attached hydrogens (tertiary/aromatic N) is 2. The topological polar surface area (TPSA) is 35.0 Å². The fourth-order valence-corrected chi connectivity index (χ4v) is 2.36. The van der Waals surface area contributed by atoms with Crippen molar-refractivity contribution in [3.63, 3.8) is 0 Å². The third kappa shape index (κ3) is 3.17. The van der Waals surface area contributed by atoms with E-state index < -0.39 is 0 Å². The van der Waals surface area contributed by atoms with Crippen LogP contribution in [0.1, 0.15) is 18.9 Å². The molecule has 5 heteroatoms. The van der Waals surface area contributed by atoms with Crippen molar-refractivity contribution in [2.75, 3.05) is 7.11 Å². The van der Waals surface area contributed by atoms with Crippen LogP contribution >= 0.6 is 23.2 Å². The number of aromatic nitrogens is 2. The van der Waals surface area contributed by atoms with Crippen molar-refractivity contribution in [2.45, 2.75) is 19.8 Å². The second-order valence-corrected chi connectivity index (χ2v) is 4.81. The van der Waals surface area contributed by atoms with Crippen molar-refractivity contribution < 1.29 is 4.74 Å². The first-order valence-electron chi connectivity index (χ1n) is 6.02. The Balaban J connectivity index is 2.45. The molecule has 1 heterocycles. The zero-order valence-electron chi connectivity index (χ0n) is 10.8. The van der Waals surface area contributed by atoms with Gasteiger partial charge >= 0.3 is 0 Å². The van der Waals surface area contributed by atoms with Crippen LogP contribution in [-0.4, -0.2) is 17.1 Å². The Morgan fingerprint density at radius 2 is 1.84 bits per heavy atom. The normalized spacial score (nSPS) is 10.5. The van der Waals surface area contributed by atoms with Crippen molar-refractivity contribution in [3.8, 4) is 17.1 Å². The molecule has 0 saturated heterocycles. The van der Waals surface area contributed by atoms with Crippen LogP contribution in [0.25, 0.3) is 11.4 Å². The van der Waals surface area contributed by atoms with Gasteiger partial charge in [-0.05, 0) is 18.6 Å². The van der Waals surface area contributed by atoms with Gasteiger partial charge in [-0.25, -0.2) is 9.97 Å². The summed E-state index contributed by atoms with van der Waals surface area (Å²) in [5.41, 5.74) is 1.63. The van der Waals surface area contributed by atoms with Crippen LogP contribution in [0.4, 0.5) is 0 Å². The van der Waals surface area contributed by atoms with E-state index >= 15 is 0 Å². The van der Waals surface area contributed by atoms with Gasteiger partial charge in [-0.3, -0.25) is 0 Å². The van der Waals surface area contributed by atoms with Crippen LogP contribution in [0.5, 0.6) is 5.75 Å². The highest BCUT2D eigenvalue weighted by atomic mass is 35.5. The number of benzene rings is 1. The number of rotatable bonds is 4. The molecule has 0 aliphatic rings. The van der Waals surface area contributed by atoms with Crippen molar-refractivity contribution in [1.82, 2.24) is 9.97 Å². The van der Waals surface area contributed by atoms with Gasteiger partial charge in [-0.1, -0.05) is 48.7 Å². The lowest BCUT2D eigenvalue weighted by Gasteiger charge is -2.08. The molecule has 1 aromatic heterocycles. The molecule has 2 aromatic rings. The van der Waals surface area contributed by atoms with Gasteiger partial charge in [0.25, 0.3) is 0 Å². The fraction of sp³-hybridized carbons (Fsp3) is 0.286. The molecule has 0 fully saturated rings. The maximum Gasteiger partial charge on any atom is 0.162 e. The Bertz CT molecular complexity index is 564. The monoisotopic (exact) mass is 296 g/mol. The average molecular weight is 297 g/mol. The summed E-state index contributed by atoms with van der Waals surface area (Å²) in [6.07, 6.45) is 1.72. The predicted octanol–water partition coefficient (Wildman–Crippen LogP) is 4.41.